The zero-order chi connectivity index (χ0) is 11.3. The van der Waals surface area contributed by atoms with E-state index in [2.05, 4.69) is 0 Å². The molecule has 4 nitrogen and oxygen atoms in total. The molecule has 1 aromatic carbocycles. The Balaban J connectivity index is 2.61. The van der Waals surface area contributed by atoms with Gasteiger partial charge in [0.15, 0.2) is 5.75 Å². The molecular formula is C9H10ClNO3S. The van der Waals surface area contributed by atoms with Gasteiger partial charge < -0.3 is 4.55 Å². The summed E-state index contributed by atoms with van der Waals surface area (Å²) in [7, 11) is 0. The summed E-state index contributed by atoms with van der Waals surface area (Å²) in [5.74, 6) is -1.03. The van der Waals surface area contributed by atoms with Crippen LogP contribution >= 0.6 is 11.6 Å². The van der Waals surface area contributed by atoms with Gasteiger partial charge in [0.2, 0.25) is 4.71 Å². The Bertz CT molecular complexity index is 322. The molecule has 0 radical (unpaired) electrons. The smallest absolute Gasteiger partial charge is 0.293 e. The van der Waals surface area contributed by atoms with E-state index in [-0.39, 0.29) is 5.75 Å². The molecule has 0 aliphatic carbocycles. The third-order valence-electron chi connectivity index (χ3n) is 1.69. The molecule has 0 heterocycles. The first-order valence-corrected chi connectivity index (χ1v) is 5.96. The van der Waals surface area contributed by atoms with Crippen molar-refractivity contribution >= 4 is 28.7 Å². The predicted molar refractivity (Wildman–Crippen MR) is 58.0 cm³/mol. The van der Waals surface area contributed by atoms with Crippen LogP contribution in [0.15, 0.2) is 30.3 Å². The Labute approximate surface area is 95.4 Å². The third kappa shape index (κ3) is 3.71. The van der Waals surface area contributed by atoms with Gasteiger partial charge in [0.25, 0.3) is 5.91 Å². The molecule has 0 aromatic heterocycles. The molecule has 1 rings (SSSR count). The van der Waals surface area contributed by atoms with Gasteiger partial charge in [-0.05, 0) is 11.2 Å². The second-order valence-corrected chi connectivity index (χ2v) is 5.00. The minimum Gasteiger partial charge on any atom is -0.615 e. The van der Waals surface area contributed by atoms with Crippen molar-refractivity contribution in [2.24, 2.45) is 0 Å². The molecule has 1 aromatic rings. The first-order chi connectivity index (χ1) is 7.15. The monoisotopic (exact) mass is 247 g/mol. The SMILES string of the molecule is O=C(C[S+]([O-])C(Cl)c1ccccc1)NO. The number of halogens is 1. The van der Waals surface area contributed by atoms with Gasteiger partial charge in [0.05, 0.1) is 0 Å². The van der Waals surface area contributed by atoms with Crippen molar-refractivity contribution in [1.82, 2.24) is 5.48 Å². The number of nitrogens with one attached hydrogen (secondary N) is 1. The van der Waals surface area contributed by atoms with Crippen LogP contribution in [0.4, 0.5) is 0 Å². The van der Waals surface area contributed by atoms with Crippen LogP contribution in [0, 0.1) is 0 Å². The standard InChI is InChI=1S/C9H10ClNO3S/c10-9(7-4-2-1-3-5-7)15(14)6-8(12)11-13/h1-5,9,13H,6H2,(H,11,12). The first kappa shape index (κ1) is 12.3. The van der Waals surface area contributed by atoms with Gasteiger partial charge in [-0.1, -0.05) is 41.9 Å². The maximum atomic E-state index is 11.5. The number of carbonyl (C=O) groups excluding carboxylic acids is 1. The van der Waals surface area contributed by atoms with Crippen molar-refractivity contribution in [3.8, 4) is 0 Å². The normalized spacial score (nSPS) is 14.3. The average molecular weight is 248 g/mol. The zero-order valence-electron chi connectivity index (χ0n) is 7.72. The van der Waals surface area contributed by atoms with Crippen molar-refractivity contribution in [2.75, 3.05) is 5.75 Å². The summed E-state index contributed by atoms with van der Waals surface area (Å²) in [6, 6.07) is 8.82. The van der Waals surface area contributed by atoms with E-state index in [9.17, 15) is 9.35 Å². The van der Waals surface area contributed by atoms with Gasteiger partial charge >= 0.3 is 0 Å². The fraction of sp³-hybridized carbons (Fsp3) is 0.222. The van der Waals surface area contributed by atoms with E-state index in [0.29, 0.717) is 5.56 Å². The predicted octanol–water partition coefficient (Wildman–Crippen LogP) is 1.18. The molecular weight excluding hydrogens is 238 g/mol. The number of hydrogen-bond donors (Lipinski definition) is 2. The largest absolute Gasteiger partial charge is 0.615 e. The quantitative estimate of drug-likeness (QED) is 0.363. The Morgan fingerprint density at radius 2 is 2.13 bits per heavy atom. The summed E-state index contributed by atoms with van der Waals surface area (Å²) in [4.78, 5) is 10.7. The molecule has 2 N–H and O–H groups in total. The van der Waals surface area contributed by atoms with E-state index in [1.54, 1.807) is 24.3 Å². The topological polar surface area (TPSA) is 72.4 Å². The molecule has 82 valence electrons. The highest BCUT2D eigenvalue weighted by Gasteiger charge is 2.24. The molecule has 0 bridgehead atoms. The number of hydroxylamine groups is 1. The van der Waals surface area contributed by atoms with E-state index in [1.165, 1.54) is 5.48 Å². The van der Waals surface area contributed by atoms with Crippen molar-refractivity contribution in [2.45, 2.75) is 4.71 Å². The van der Waals surface area contributed by atoms with Crippen LogP contribution in [0.25, 0.3) is 0 Å². The van der Waals surface area contributed by atoms with Crippen LogP contribution in [0.5, 0.6) is 0 Å². The third-order valence-corrected chi connectivity index (χ3v) is 3.82. The highest BCUT2D eigenvalue weighted by molar-refractivity contribution is 7.93. The van der Waals surface area contributed by atoms with Gasteiger partial charge in [-0.3, -0.25) is 10.0 Å². The van der Waals surface area contributed by atoms with Crippen molar-refractivity contribution < 1.29 is 14.6 Å². The van der Waals surface area contributed by atoms with E-state index >= 15 is 0 Å². The molecule has 15 heavy (non-hydrogen) atoms. The fourth-order valence-corrected chi connectivity index (χ4v) is 2.26. The number of amides is 1. The molecule has 0 aliphatic rings. The summed E-state index contributed by atoms with van der Waals surface area (Å²) in [6.07, 6.45) is 0. The second-order valence-electron chi connectivity index (χ2n) is 2.79. The summed E-state index contributed by atoms with van der Waals surface area (Å²) < 4.78 is 10.8. The van der Waals surface area contributed by atoms with Crippen molar-refractivity contribution in [3.05, 3.63) is 35.9 Å². The summed E-state index contributed by atoms with van der Waals surface area (Å²) in [5, 5.41) is 8.26. The maximum Gasteiger partial charge on any atom is 0.293 e. The molecule has 0 fully saturated rings. The van der Waals surface area contributed by atoms with Gasteiger partial charge in [-0.2, -0.15) is 0 Å². The molecule has 2 unspecified atom stereocenters. The first-order valence-electron chi connectivity index (χ1n) is 4.14. The van der Waals surface area contributed by atoms with Crippen LogP contribution < -0.4 is 5.48 Å². The Hall–Kier alpha value is -0.750. The Morgan fingerprint density at radius 1 is 1.53 bits per heavy atom. The van der Waals surface area contributed by atoms with Crippen LogP contribution in [-0.4, -0.2) is 21.4 Å². The highest BCUT2D eigenvalue weighted by atomic mass is 35.5. The van der Waals surface area contributed by atoms with Gasteiger partial charge in [-0.15, -0.1) is 0 Å². The van der Waals surface area contributed by atoms with Crippen LogP contribution in [0.3, 0.4) is 0 Å². The second kappa shape index (κ2) is 5.97. The Kier molecular flexibility index (Phi) is 4.90. The van der Waals surface area contributed by atoms with E-state index in [0.717, 1.165) is 0 Å². The van der Waals surface area contributed by atoms with Gasteiger partial charge in [-0.25, -0.2) is 5.48 Å². The lowest BCUT2D eigenvalue weighted by Gasteiger charge is -2.15. The van der Waals surface area contributed by atoms with Crippen LogP contribution in [0.2, 0.25) is 0 Å². The van der Waals surface area contributed by atoms with Gasteiger partial charge in [0, 0.05) is 5.56 Å². The number of benzene rings is 1. The van der Waals surface area contributed by atoms with E-state index in [4.69, 9.17) is 16.8 Å². The lowest BCUT2D eigenvalue weighted by atomic mass is 10.2. The number of hydrogen-bond acceptors (Lipinski definition) is 3. The molecule has 0 spiro atoms. The molecule has 0 aliphatic heterocycles. The summed E-state index contributed by atoms with van der Waals surface area (Å²) >= 11 is 4.34. The lowest BCUT2D eigenvalue weighted by molar-refractivity contribution is -0.126. The van der Waals surface area contributed by atoms with Crippen LogP contribution in [0.1, 0.15) is 10.3 Å². The summed E-state index contributed by atoms with van der Waals surface area (Å²) in [6.45, 7) is 0. The maximum absolute atomic E-state index is 11.5. The Morgan fingerprint density at radius 3 is 2.67 bits per heavy atom. The highest BCUT2D eigenvalue weighted by Crippen LogP contribution is 2.26. The number of rotatable bonds is 4. The fourth-order valence-electron chi connectivity index (χ4n) is 0.991. The summed E-state index contributed by atoms with van der Waals surface area (Å²) in [5.41, 5.74) is 2.10. The molecule has 1 amide bonds. The van der Waals surface area contributed by atoms with Crippen molar-refractivity contribution in [3.63, 3.8) is 0 Å². The average Bonchev–Trinajstić information content (AvgIpc) is 2.29. The molecule has 0 saturated heterocycles. The van der Waals surface area contributed by atoms with Gasteiger partial charge in [0.1, 0.15) is 0 Å². The van der Waals surface area contributed by atoms with Crippen molar-refractivity contribution in [1.29, 1.82) is 0 Å². The van der Waals surface area contributed by atoms with E-state index < -0.39 is 21.8 Å². The molecule has 0 saturated carbocycles. The minimum atomic E-state index is -1.55. The van der Waals surface area contributed by atoms with Crippen LogP contribution in [-0.2, 0) is 16.0 Å². The van der Waals surface area contributed by atoms with E-state index in [1.807, 2.05) is 6.07 Å². The lowest BCUT2D eigenvalue weighted by Crippen LogP contribution is -2.29. The zero-order valence-corrected chi connectivity index (χ0v) is 9.29. The number of alkyl halides is 1. The molecule has 6 heteroatoms. The minimum absolute atomic E-state index is 0.320. The molecule has 2 atom stereocenters. The number of carbonyl (C=O) groups is 1.